The molecule has 19 heavy (non-hydrogen) atoms. The highest BCUT2D eigenvalue weighted by atomic mass is 19.4. The van der Waals surface area contributed by atoms with Gasteiger partial charge in [0.1, 0.15) is 0 Å². The Morgan fingerprint density at radius 1 is 1.26 bits per heavy atom. The average molecular weight is 272 g/mol. The van der Waals surface area contributed by atoms with Crippen LogP contribution in [-0.2, 0) is 12.7 Å². The average Bonchev–Trinajstić information content (AvgIpc) is 2.33. The zero-order valence-corrected chi connectivity index (χ0v) is 11.0. The predicted molar refractivity (Wildman–Crippen MR) is 68.5 cm³/mol. The van der Waals surface area contributed by atoms with E-state index in [4.69, 9.17) is 5.73 Å². The molecule has 0 spiro atoms. The Balaban J connectivity index is 1.97. The van der Waals surface area contributed by atoms with Crippen molar-refractivity contribution in [1.82, 2.24) is 4.90 Å². The van der Waals surface area contributed by atoms with Crippen molar-refractivity contribution in [3.8, 4) is 0 Å². The van der Waals surface area contributed by atoms with E-state index < -0.39 is 11.7 Å². The summed E-state index contributed by atoms with van der Waals surface area (Å²) >= 11 is 0. The fraction of sp³-hybridized carbons (Fsp3) is 0.571. The smallest absolute Gasteiger partial charge is 0.326 e. The first kappa shape index (κ1) is 14.3. The maximum absolute atomic E-state index is 12.4. The van der Waals surface area contributed by atoms with E-state index in [1.54, 1.807) is 12.1 Å². The predicted octanol–water partition coefficient (Wildman–Crippen LogP) is 2.87. The lowest BCUT2D eigenvalue weighted by Gasteiger charge is -2.35. The number of alkyl halides is 3. The molecule has 0 radical (unpaired) electrons. The molecule has 2 atom stereocenters. The number of hydrogen-bond acceptors (Lipinski definition) is 2. The lowest BCUT2D eigenvalue weighted by atomic mass is 9.94. The number of halogens is 3. The van der Waals surface area contributed by atoms with Gasteiger partial charge >= 0.3 is 6.18 Å². The summed E-state index contributed by atoms with van der Waals surface area (Å²) in [5.74, 6) is 0.517. The van der Waals surface area contributed by atoms with Gasteiger partial charge in [0.25, 0.3) is 0 Å². The molecule has 1 saturated heterocycles. The number of piperidine rings is 1. The van der Waals surface area contributed by atoms with Crippen LogP contribution >= 0.6 is 0 Å². The van der Waals surface area contributed by atoms with E-state index in [1.165, 1.54) is 0 Å². The van der Waals surface area contributed by atoms with Gasteiger partial charge in [-0.05, 0) is 36.6 Å². The summed E-state index contributed by atoms with van der Waals surface area (Å²) in [7, 11) is 0. The monoisotopic (exact) mass is 272 g/mol. The van der Waals surface area contributed by atoms with Gasteiger partial charge in [-0.2, -0.15) is 13.2 Å². The third-order valence-electron chi connectivity index (χ3n) is 3.79. The molecule has 1 heterocycles. The molecular formula is C14H19F3N2. The number of benzene rings is 1. The number of likely N-dealkylation sites (tertiary alicyclic amines) is 1. The van der Waals surface area contributed by atoms with Crippen molar-refractivity contribution < 1.29 is 13.2 Å². The molecule has 106 valence electrons. The fourth-order valence-electron chi connectivity index (χ4n) is 2.37. The molecule has 2 nitrogen and oxygen atoms in total. The summed E-state index contributed by atoms with van der Waals surface area (Å²) < 4.78 is 37.3. The molecule has 1 aliphatic heterocycles. The zero-order chi connectivity index (χ0) is 14.0. The Labute approximate surface area is 111 Å². The second-order valence-electron chi connectivity index (χ2n) is 5.36. The summed E-state index contributed by atoms with van der Waals surface area (Å²) in [5, 5.41) is 0. The standard InChI is InChI=1S/C14H19F3N2/c1-10-6-7-19(9-13(10)18)8-11-2-4-12(5-3-11)14(15,16)17/h2-5,10,13H,6-9,18H2,1H3. The minimum Gasteiger partial charge on any atom is -0.326 e. The highest BCUT2D eigenvalue weighted by Crippen LogP contribution is 2.29. The van der Waals surface area contributed by atoms with Gasteiger partial charge in [0.2, 0.25) is 0 Å². The molecule has 1 aromatic rings. The Hall–Kier alpha value is -1.07. The van der Waals surface area contributed by atoms with Crippen molar-refractivity contribution in [2.75, 3.05) is 13.1 Å². The molecule has 0 saturated carbocycles. The topological polar surface area (TPSA) is 29.3 Å². The first-order chi connectivity index (χ1) is 8.86. The van der Waals surface area contributed by atoms with E-state index in [0.717, 1.165) is 37.2 Å². The summed E-state index contributed by atoms with van der Waals surface area (Å²) in [6.45, 7) is 4.57. The second-order valence-corrected chi connectivity index (χ2v) is 5.36. The third-order valence-corrected chi connectivity index (χ3v) is 3.79. The molecule has 1 fully saturated rings. The van der Waals surface area contributed by atoms with Gasteiger partial charge in [0.05, 0.1) is 5.56 Å². The quantitative estimate of drug-likeness (QED) is 0.897. The molecule has 1 aliphatic rings. The lowest BCUT2D eigenvalue weighted by Crippen LogP contribution is -2.47. The Morgan fingerprint density at radius 3 is 2.42 bits per heavy atom. The van der Waals surface area contributed by atoms with Crippen LogP contribution in [0.1, 0.15) is 24.5 Å². The summed E-state index contributed by atoms with van der Waals surface area (Å²) in [5.41, 5.74) is 6.31. The minimum absolute atomic E-state index is 0.156. The molecule has 1 aromatic carbocycles. The number of hydrogen-bond donors (Lipinski definition) is 1. The molecule has 2 rings (SSSR count). The van der Waals surface area contributed by atoms with E-state index in [2.05, 4.69) is 11.8 Å². The summed E-state index contributed by atoms with van der Waals surface area (Å²) in [6.07, 6.45) is -3.22. The van der Waals surface area contributed by atoms with Gasteiger partial charge in [-0.1, -0.05) is 19.1 Å². The van der Waals surface area contributed by atoms with Crippen LogP contribution in [0.15, 0.2) is 24.3 Å². The van der Waals surface area contributed by atoms with Crippen molar-refractivity contribution >= 4 is 0 Å². The Bertz CT molecular complexity index is 414. The first-order valence-corrected chi connectivity index (χ1v) is 6.50. The van der Waals surface area contributed by atoms with Crippen LogP contribution in [0.3, 0.4) is 0 Å². The van der Waals surface area contributed by atoms with E-state index in [9.17, 15) is 13.2 Å². The highest BCUT2D eigenvalue weighted by Gasteiger charge is 2.30. The highest BCUT2D eigenvalue weighted by molar-refractivity contribution is 5.24. The first-order valence-electron chi connectivity index (χ1n) is 6.50. The largest absolute Gasteiger partial charge is 0.416 e. The van der Waals surface area contributed by atoms with Gasteiger partial charge in [0, 0.05) is 19.1 Å². The van der Waals surface area contributed by atoms with Crippen LogP contribution < -0.4 is 5.73 Å². The van der Waals surface area contributed by atoms with Crippen molar-refractivity contribution in [3.05, 3.63) is 35.4 Å². The molecule has 0 aromatic heterocycles. The van der Waals surface area contributed by atoms with Crippen molar-refractivity contribution in [3.63, 3.8) is 0 Å². The molecule has 2 unspecified atom stereocenters. The van der Waals surface area contributed by atoms with Gasteiger partial charge < -0.3 is 5.73 Å². The third kappa shape index (κ3) is 3.70. The van der Waals surface area contributed by atoms with Crippen molar-refractivity contribution in [2.24, 2.45) is 11.7 Å². The van der Waals surface area contributed by atoms with Crippen LogP contribution in [-0.4, -0.2) is 24.0 Å². The minimum atomic E-state index is -4.26. The fourth-order valence-corrected chi connectivity index (χ4v) is 2.37. The Morgan fingerprint density at radius 2 is 1.89 bits per heavy atom. The van der Waals surface area contributed by atoms with Crippen molar-refractivity contribution in [1.29, 1.82) is 0 Å². The molecule has 0 bridgehead atoms. The number of rotatable bonds is 2. The summed E-state index contributed by atoms with van der Waals surface area (Å²) in [6, 6.07) is 5.53. The lowest BCUT2D eigenvalue weighted by molar-refractivity contribution is -0.137. The number of nitrogens with zero attached hydrogens (tertiary/aromatic N) is 1. The molecular weight excluding hydrogens is 253 g/mol. The van der Waals surface area contributed by atoms with Crippen LogP contribution in [0.5, 0.6) is 0 Å². The number of nitrogens with two attached hydrogens (primary N) is 1. The zero-order valence-electron chi connectivity index (χ0n) is 11.0. The Kier molecular flexibility index (Phi) is 4.16. The van der Waals surface area contributed by atoms with Crippen molar-refractivity contribution in [2.45, 2.75) is 32.1 Å². The SMILES string of the molecule is CC1CCN(Cc2ccc(C(F)(F)F)cc2)CC1N. The van der Waals surface area contributed by atoms with Crippen LogP contribution in [0.2, 0.25) is 0 Å². The van der Waals surface area contributed by atoms with Crippen LogP contribution in [0.25, 0.3) is 0 Å². The molecule has 2 N–H and O–H groups in total. The van der Waals surface area contributed by atoms with Gasteiger partial charge in [-0.25, -0.2) is 0 Å². The second kappa shape index (κ2) is 5.51. The normalized spacial score (nSPS) is 25.5. The maximum atomic E-state index is 12.4. The van der Waals surface area contributed by atoms with Crippen LogP contribution in [0, 0.1) is 5.92 Å². The van der Waals surface area contributed by atoms with E-state index in [-0.39, 0.29) is 6.04 Å². The maximum Gasteiger partial charge on any atom is 0.416 e. The van der Waals surface area contributed by atoms with E-state index >= 15 is 0 Å². The summed E-state index contributed by atoms with van der Waals surface area (Å²) in [4.78, 5) is 2.20. The van der Waals surface area contributed by atoms with Crippen LogP contribution in [0.4, 0.5) is 13.2 Å². The van der Waals surface area contributed by atoms with Gasteiger partial charge in [-0.3, -0.25) is 4.90 Å². The molecule has 0 amide bonds. The molecule has 0 aliphatic carbocycles. The van der Waals surface area contributed by atoms with E-state index in [0.29, 0.717) is 12.5 Å². The van der Waals surface area contributed by atoms with E-state index in [1.807, 2.05) is 0 Å². The molecule has 5 heteroatoms. The van der Waals surface area contributed by atoms with Gasteiger partial charge in [-0.15, -0.1) is 0 Å². The van der Waals surface area contributed by atoms with Gasteiger partial charge in [0.15, 0.2) is 0 Å².